The number of nitrogens with zero attached hydrogens (tertiary/aromatic N) is 6. The molecule has 0 unspecified atom stereocenters. The number of imidazole rings is 1. The van der Waals surface area contributed by atoms with Crippen LogP contribution < -0.4 is 4.90 Å². The molecule has 3 aromatic heterocycles. The van der Waals surface area contributed by atoms with Gasteiger partial charge >= 0.3 is 0 Å². The Hall–Kier alpha value is -2.32. The Bertz CT molecular complexity index is 1130. The molecule has 1 amide bonds. The van der Waals surface area contributed by atoms with Gasteiger partial charge < -0.3 is 14.8 Å². The second-order valence-electron chi connectivity index (χ2n) is 9.08. The minimum Gasteiger partial charge on any atom is -0.356 e. The molecule has 0 bridgehead atoms. The number of carbonyl (C=O) groups excluding carboxylic acids is 1. The monoisotopic (exact) mass is 475 g/mol. The van der Waals surface area contributed by atoms with Gasteiger partial charge in [0.2, 0.25) is 5.91 Å². The number of rotatable bonds is 4. The zero-order chi connectivity index (χ0) is 21.0. The number of nitrogens with one attached hydrogen (secondary N) is 1. The lowest BCUT2D eigenvalue weighted by molar-refractivity contribution is -0.134. The van der Waals surface area contributed by atoms with Crippen LogP contribution in [0.5, 0.6) is 0 Å². The Morgan fingerprint density at radius 1 is 1.12 bits per heavy atom. The highest BCUT2D eigenvalue weighted by Crippen LogP contribution is 2.48. The van der Waals surface area contributed by atoms with Crippen molar-refractivity contribution in [2.45, 2.75) is 44.1 Å². The van der Waals surface area contributed by atoms with Crippen LogP contribution in [-0.4, -0.2) is 61.7 Å². The van der Waals surface area contributed by atoms with Crippen molar-refractivity contribution in [2.24, 2.45) is 5.92 Å². The number of aromatic nitrogens is 5. The first-order valence-electron chi connectivity index (χ1n) is 11.2. The molecule has 170 valence electrons. The number of carbonyl (C=O) groups is 1. The van der Waals surface area contributed by atoms with Crippen molar-refractivity contribution in [2.75, 3.05) is 31.1 Å². The Kier molecular flexibility index (Phi) is 5.53. The molecule has 2 saturated heterocycles. The van der Waals surface area contributed by atoms with Gasteiger partial charge in [-0.2, -0.15) is 5.10 Å². The van der Waals surface area contributed by atoms with Crippen molar-refractivity contribution in [3.63, 3.8) is 0 Å². The SMILES string of the molecule is Cl.O=C([C@@H]1CCCN(c2ccc3[nH]c(C4(n5cc(Cl)cn5)CC4)nc3n2)C1)N1CCCC1. The quantitative estimate of drug-likeness (QED) is 0.622. The normalized spacial score (nSPS) is 22.2. The van der Waals surface area contributed by atoms with E-state index in [4.69, 9.17) is 21.6 Å². The van der Waals surface area contributed by atoms with Crippen LogP contribution in [0.2, 0.25) is 5.02 Å². The van der Waals surface area contributed by atoms with Crippen LogP contribution in [0.1, 0.15) is 44.3 Å². The average Bonchev–Trinajstić information content (AvgIpc) is 3.18. The van der Waals surface area contributed by atoms with Crippen molar-refractivity contribution >= 4 is 46.9 Å². The van der Waals surface area contributed by atoms with E-state index in [1.165, 1.54) is 0 Å². The fourth-order valence-electron chi connectivity index (χ4n) is 5.09. The number of hydrogen-bond donors (Lipinski definition) is 1. The lowest BCUT2D eigenvalue weighted by Gasteiger charge is -2.34. The number of aromatic amines is 1. The summed E-state index contributed by atoms with van der Waals surface area (Å²) in [5.41, 5.74) is 1.39. The van der Waals surface area contributed by atoms with Crippen molar-refractivity contribution < 1.29 is 4.79 Å². The number of halogens is 2. The number of H-pyrrole nitrogens is 1. The average molecular weight is 476 g/mol. The van der Waals surface area contributed by atoms with Crippen LogP contribution >= 0.6 is 24.0 Å². The first-order valence-corrected chi connectivity index (χ1v) is 11.6. The van der Waals surface area contributed by atoms with Gasteiger partial charge in [0, 0.05) is 32.4 Å². The molecule has 0 radical (unpaired) electrons. The van der Waals surface area contributed by atoms with Gasteiger partial charge in [0.15, 0.2) is 5.65 Å². The zero-order valence-corrected chi connectivity index (χ0v) is 19.4. The molecule has 8 nitrogen and oxygen atoms in total. The molecular weight excluding hydrogens is 449 g/mol. The molecule has 0 spiro atoms. The highest BCUT2D eigenvalue weighted by Gasteiger charge is 2.50. The maximum absolute atomic E-state index is 12.9. The molecule has 32 heavy (non-hydrogen) atoms. The molecule has 1 saturated carbocycles. The first kappa shape index (κ1) is 21.5. The molecule has 3 fully saturated rings. The molecule has 6 rings (SSSR count). The van der Waals surface area contributed by atoms with Gasteiger partial charge in [0.1, 0.15) is 17.2 Å². The van der Waals surface area contributed by atoms with Crippen molar-refractivity contribution in [3.8, 4) is 0 Å². The Labute approximate surface area is 197 Å². The van der Waals surface area contributed by atoms with E-state index in [0.29, 0.717) is 16.6 Å². The Morgan fingerprint density at radius 2 is 1.94 bits per heavy atom. The third-order valence-electron chi connectivity index (χ3n) is 7.00. The Morgan fingerprint density at radius 3 is 2.66 bits per heavy atom. The minimum absolute atomic E-state index is 0. The summed E-state index contributed by atoms with van der Waals surface area (Å²) in [5, 5.41) is 5.04. The molecule has 3 aliphatic rings. The summed E-state index contributed by atoms with van der Waals surface area (Å²) in [6.07, 6.45) is 9.72. The summed E-state index contributed by atoms with van der Waals surface area (Å²) in [5.74, 6) is 2.17. The number of amides is 1. The number of pyridine rings is 1. The molecule has 0 aromatic carbocycles. The van der Waals surface area contributed by atoms with Gasteiger partial charge in [-0.05, 0) is 50.7 Å². The molecule has 2 aliphatic heterocycles. The molecular formula is C22H27Cl2N7O. The van der Waals surface area contributed by atoms with E-state index in [0.717, 1.165) is 81.9 Å². The van der Waals surface area contributed by atoms with Crippen LogP contribution in [-0.2, 0) is 10.3 Å². The third kappa shape index (κ3) is 3.63. The lowest BCUT2D eigenvalue weighted by Crippen LogP contribution is -2.44. The van der Waals surface area contributed by atoms with Gasteiger partial charge in [0.05, 0.1) is 22.7 Å². The highest BCUT2D eigenvalue weighted by atomic mass is 35.5. The largest absolute Gasteiger partial charge is 0.356 e. The number of likely N-dealkylation sites (tertiary alicyclic amines) is 1. The van der Waals surface area contributed by atoms with Crippen LogP contribution in [0.25, 0.3) is 11.2 Å². The van der Waals surface area contributed by atoms with E-state index in [9.17, 15) is 4.79 Å². The summed E-state index contributed by atoms with van der Waals surface area (Å²) in [7, 11) is 0. The highest BCUT2D eigenvalue weighted by molar-refractivity contribution is 6.30. The van der Waals surface area contributed by atoms with E-state index in [-0.39, 0.29) is 23.9 Å². The zero-order valence-electron chi connectivity index (χ0n) is 17.8. The molecule has 1 N–H and O–H groups in total. The molecule has 3 aromatic rings. The summed E-state index contributed by atoms with van der Waals surface area (Å²) >= 11 is 6.08. The molecule has 1 aliphatic carbocycles. The molecule has 10 heteroatoms. The van der Waals surface area contributed by atoms with Crippen LogP contribution in [0.15, 0.2) is 24.5 Å². The number of piperidine rings is 1. The summed E-state index contributed by atoms with van der Waals surface area (Å²) in [6.45, 7) is 3.49. The van der Waals surface area contributed by atoms with Crippen LogP contribution in [0.4, 0.5) is 5.82 Å². The van der Waals surface area contributed by atoms with E-state index in [1.54, 1.807) is 6.20 Å². The number of hydrogen-bond acceptors (Lipinski definition) is 5. The number of fused-ring (bicyclic) bond motifs is 1. The van der Waals surface area contributed by atoms with Crippen LogP contribution in [0, 0.1) is 5.92 Å². The maximum atomic E-state index is 12.9. The topological polar surface area (TPSA) is 82.9 Å². The second-order valence-corrected chi connectivity index (χ2v) is 9.51. The van der Waals surface area contributed by atoms with Gasteiger partial charge in [-0.3, -0.25) is 9.48 Å². The van der Waals surface area contributed by atoms with E-state index >= 15 is 0 Å². The predicted octanol–water partition coefficient (Wildman–Crippen LogP) is 3.61. The van der Waals surface area contributed by atoms with Gasteiger partial charge in [-0.15, -0.1) is 12.4 Å². The van der Waals surface area contributed by atoms with E-state index in [1.807, 2.05) is 27.9 Å². The van der Waals surface area contributed by atoms with Crippen molar-refractivity contribution in [3.05, 3.63) is 35.4 Å². The summed E-state index contributed by atoms with van der Waals surface area (Å²) in [6, 6.07) is 4.09. The van der Waals surface area contributed by atoms with Crippen LogP contribution in [0.3, 0.4) is 0 Å². The maximum Gasteiger partial charge on any atom is 0.227 e. The predicted molar refractivity (Wildman–Crippen MR) is 125 cm³/mol. The smallest absolute Gasteiger partial charge is 0.227 e. The fraction of sp³-hybridized carbons (Fsp3) is 0.545. The van der Waals surface area contributed by atoms with E-state index < -0.39 is 0 Å². The molecule has 1 atom stereocenters. The minimum atomic E-state index is -0.244. The third-order valence-corrected chi connectivity index (χ3v) is 7.19. The summed E-state index contributed by atoms with van der Waals surface area (Å²) in [4.78, 5) is 30.3. The van der Waals surface area contributed by atoms with Gasteiger partial charge in [-0.1, -0.05) is 11.6 Å². The summed E-state index contributed by atoms with van der Waals surface area (Å²) < 4.78 is 1.91. The number of anilines is 1. The van der Waals surface area contributed by atoms with Gasteiger partial charge in [0.25, 0.3) is 0 Å². The second kappa shape index (κ2) is 8.23. The first-order chi connectivity index (χ1) is 15.1. The molecule has 5 heterocycles. The lowest BCUT2D eigenvalue weighted by atomic mass is 9.96. The Balaban J connectivity index is 0.00000216. The van der Waals surface area contributed by atoms with Gasteiger partial charge in [-0.25, -0.2) is 9.97 Å². The standard InChI is InChI=1S/C22H26ClN7O.ClH/c23-16-12-24-30(14-16)22(7-8-22)21-25-17-5-6-18(26-19(17)27-21)29-11-3-4-15(13-29)20(31)28-9-1-2-10-28;/h5-6,12,14-15H,1-4,7-11,13H2,(H,25,26,27);1H/t15-;/m1./s1. The van der Waals surface area contributed by atoms with E-state index in [2.05, 4.69) is 15.0 Å². The van der Waals surface area contributed by atoms with Crippen molar-refractivity contribution in [1.29, 1.82) is 0 Å². The fourth-order valence-corrected chi connectivity index (χ4v) is 5.23. The van der Waals surface area contributed by atoms with Crippen molar-refractivity contribution in [1.82, 2.24) is 29.6 Å².